The van der Waals surface area contributed by atoms with Crippen molar-refractivity contribution in [3.8, 4) is 0 Å². The third kappa shape index (κ3) is 3.68. The molecule has 2 aromatic rings. The smallest absolute Gasteiger partial charge is 0.414 e. The van der Waals surface area contributed by atoms with Gasteiger partial charge in [0.15, 0.2) is 0 Å². The van der Waals surface area contributed by atoms with Gasteiger partial charge in [0.2, 0.25) is 0 Å². The largest absolute Gasteiger partial charge is 0.444 e. The van der Waals surface area contributed by atoms with E-state index in [-0.39, 0.29) is 29.1 Å². The zero-order chi connectivity index (χ0) is 19.1. The third-order valence-electron chi connectivity index (χ3n) is 4.03. The summed E-state index contributed by atoms with van der Waals surface area (Å²) in [4.78, 5) is 12.9. The van der Waals surface area contributed by atoms with Crippen molar-refractivity contribution in [2.75, 3.05) is 11.4 Å². The van der Waals surface area contributed by atoms with E-state index in [0.717, 1.165) is 17.0 Å². The van der Waals surface area contributed by atoms with Crippen LogP contribution in [0.2, 0.25) is 0 Å². The predicted molar refractivity (Wildman–Crippen MR) is 88.7 cm³/mol. The van der Waals surface area contributed by atoms with Gasteiger partial charge in [-0.3, -0.25) is 9.45 Å². The molecule has 138 valence electrons. The van der Waals surface area contributed by atoms with Gasteiger partial charge in [0.25, 0.3) is 10.1 Å². The van der Waals surface area contributed by atoms with Crippen molar-refractivity contribution in [2.24, 2.45) is 0 Å². The van der Waals surface area contributed by atoms with Gasteiger partial charge >= 0.3 is 6.09 Å². The number of cyclic esters (lactones) is 1. The molecule has 9 heteroatoms. The number of carbonyl (C=O) groups excluding carboxylic acids is 1. The lowest BCUT2D eigenvalue weighted by Crippen LogP contribution is -2.25. The normalized spacial score (nSPS) is 17.5. The molecule has 26 heavy (non-hydrogen) atoms. The van der Waals surface area contributed by atoms with Crippen LogP contribution in [0.1, 0.15) is 11.1 Å². The quantitative estimate of drug-likeness (QED) is 0.821. The van der Waals surface area contributed by atoms with Crippen LogP contribution in [0.15, 0.2) is 41.3 Å². The summed E-state index contributed by atoms with van der Waals surface area (Å²) in [6.07, 6.45) is -1.51. The van der Waals surface area contributed by atoms with Crippen LogP contribution in [-0.2, 0) is 21.3 Å². The number of nitrogens with zero attached hydrogens (tertiary/aromatic N) is 1. The molecule has 0 aromatic heterocycles. The maximum atomic E-state index is 13.4. The Bertz CT molecular complexity index is 957. The number of halogens is 2. The Morgan fingerprint density at radius 2 is 1.88 bits per heavy atom. The van der Waals surface area contributed by atoms with Gasteiger partial charge in [-0.1, -0.05) is 18.2 Å². The predicted octanol–water partition coefficient (Wildman–Crippen LogP) is 3.09. The summed E-state index contributed by atoms with van der Waals surface area (Å²) < 4.78 is 64.6. The second kappa shape index (κ2) is 6.65. The average molecular weight is 383 g/mol. The van der Waals surface area contributed by atoms with E-state index in [2.05, 4.69) is 0 Å². The first-order valence-electron chi connectivity index (χ1n) is 7.65. The summed E-state index contributed by atoms with van der Waals surface area (Å²) in [6, 6.07) is 7.36. The number of amides is 1. The van der Waals surface area contributed by atoms with Gasteiger partial charge < -0.3 is 4.74 Å². The van der Waals surface area contributed by atoms with Gasteiger partial charge in [-0.05, 0) is 30.2 Å². The molecule has 0 unspecified atom stereocenters. The highest BCUT2D eigenvalue weighted by Crippen LogP contribution is 2.27. The fourth-order valence-corrected chi connectivity index (χ4v) is 3.98. The first-order chi connectivity index (χ1) is 12.1. The van der Waals surface area contributed by atoms with E-state index < -0.39 is 33.9 Å². The van der Waals surface area contributed by atoms with Crippen LogP contribution in [0, 0.1) is 18.6 Å². The molecule has 0 aliphatic carbocycles. The lowest BCUT2D eigenvalue weighted by atomic mass is 10.1. The van der Waals surface area contributed by atoms with Crippen molar-refractivity contribution >= 4 is 21.9 Å². The van der Waals surface area contributed by atoms with Crippen molar-refractivity contribution in [1.29, 1.82) is 0 Å². The van der Waals surface area contributed by atoms with E-state index >= 15 is 0 Å². The van der Waals surface area contributed by atoms with E-state index in [1.807, 2.05) is 0 Å². The minimum absolute atomic E-state index is 0.00856. The summed E-state index contributed by atoms with van der Waals surface area (Å²) >= 11 is 0. The molecule has 1 aliphatic rings. The summed E-state index contributed by atoms with van der Waals surface area (Å²) in [5.41, 5.74) is 0.658. The van der Waals surface area contributed by atoms with Gasteiger partial charge in [-0.15, -0.1) is 0 Å². The lowest BCUT2D eigenvalue weighted by Gasteiger charge is -2.14. The topological polar surface area (TPSA) is 83.9 Å². The summed E-state index contributed by atoms with van der Waals surface area (Å²) in [5.74, 6) is -1.66. The summed E-state index contributed by atoms with van der Waals surface area (Å²) in [6.45, 7) is 1.52. The highest BCUT2D eigenvalue weighted by molar-refractivity contribution is 7.86. The van der Waals surface area contributed by atoms with Crippen LogP contribution in [-0.4, -0.2) is 31.7 Å². The number of benzene rings is 2. The van der Waals surface area contributed by atoms with E-state index in [1.165, 1.54) is 19.1 Å². The van der Waals surface area contributed by atoms with E-state index in [9.17, 15) is 26.5 Å². The number of hydrogen-bond acceptors (Lipinski definition) is 4. The van der Waals surface area contributed by atoms with E-state index in [1.54, 1.807) is 6.07 Å². The molecule has 1 aliphatic heterocycles. The number of rotatable bonds is 4. The second-order valence-corrected chi connectivity index (χ2v) is 7.34. The Balaban J connectivity index is 1.86. The van der Waals surface area contributed by atoms with Crippen molar-refractivity contribution < 1.29 is 31.3 Å². The number of ether oxygens (including phenoxy) is 1. The molecule has 1 atom stereocenters. The third-order valence-corrected chi connectivity index (χ3v) is 5.13. The van der Waals surface area contributed by atoms with Gasteiger partial charge in [0.05, 0.1) is 12.2 Å². The first kappa shape index (κ1) is 18.3. The molecule has 1 amide bonds. The Labute approximate surface area is 148 Å². The van der Waals surface area contributed by atoms with Gasteiger partial charge in [0.1, 0.15) is 22.6 Å². The molecule has 1 fully saturated rings. The Hall–Kier alpha value is -2.52. The van der Waals surface area contributed by atoms with Crippen molar-refractivity contribution in [2.45, 2.75) is 24.3 Å². The van der Waals surface area contributed by atoms with Crippen LogP contribution in [0.4, 0.5) is 19.3 Å². The molecule has 0 radical (unpaired) electrons. The van der Waals surface area contributed by atoms with Crippen LogP contribution in [0.5, 0.6) is 0 Å². The molecule has 1 saturated heterocycles. The SMILES string of the molecule is Cc1cccc(C[C@@H]2CN(c3cc(F)cc(F)c3)C(=O)O2)c1S(=O)(=O)O. The van der Waals surface area contributed by atoms with E-state index in [0.29, 0.717) is 11.6 Å². The second-order valence-electron chi connectivity index (χ2n) is 5.99. The average Bonchev–Trinajstić information content (AvgIpc) is 2.85. The van der Waals surface area contributed by atoms with Crippen LogP contribution in [0.3, 0.4) is 0 Å². The highest BCUT2D eigenvalue weighted by atomic mass is 32.2. The number of hydrogen-bond donors (Lipinski definition) is 1. The molecular formula is C17H15F2NO5S. The molecule has 2 aromatic carbocycles. The monoisotopic (exact) mass is 383 g/mol. The van der Waals surface area contributed by atoms with Gasteiger partial charge in [-0.2, -0.15) is 8.42 Å². The Morgan fingerprint density at radius 1 is 1.23 bits per heavy atom. The van der Waals surface area contributed by atoms with Crippen molar-refractivity contribution in [3.63, 3.8) is 0 Å². The zero-order valence-electron chi connectivity index (χ0n) is 13.6. The molecule has 0 saturated carbocycles. The van der Waals surface area contributed by atoms with Crippen LogP contribution < -0.4 is 4.90 Å². The van der Waals surface area contributed by atoms with Gasteiger partial charge in [-0.25, -0.2) is 13.6 Å². The number of anilines is 1. The lowest BCUT2D eigenvalue weighted by molar-refractivity contribution is 0.141. The molecule has 6 nitrogen and oxygen atoms in total. The molecule has 3 rings (SSSR count). The van der Waals surface area contributed by atoms with Crippen molar-refractivity contribution in [3.05, 3.63) is 59.2 Å². The minimum Gasteiger partial charge on any atom is -0.444 e. The van der Waals surface area contributed by atoms with Crippen molar-refractivity contribution in [1.82, 2.24) is 0 Å². The van der Waals surface area contributed by atoms with E-state index in [4.69, 9.17) is 4.74 Å². The fraction of sp³-hybridized carbons (Fsp3) is 0.235. The fourth-order valence-electron chi connectivity index (χ4n) is 3.02. The standard InChI is InChI=1S/C17H15F2NO5S/c1-10-3-2-4-11(16(10)26(22,23)24)5-15-9-20(17(21)25-15)14-7-12(18)6-13(19)8-14/h2-4,6-8,15H,5,9H2,1H3,(H,22,23,24)/t15-/m1/s1. The highest BCUT2D eigenvalue weighted by Gasteiger charge is 2.34. The number of carbonyl (C=O) groups is 1. The first-order valence-corrected chi connectivity index (χ1v) is 9.09. The molecular weight excluding hydrogens is 368 g/mol. The molecule has 1 N–H and O–H groups in total. The van der Waals surface area contributed by atoms with Crippen LogP contribution >= 0.6 is 0 Å². The maximum Gasteiger partial charge on any atom is 0.414 e. The van der Waals surface area contributed by atoms with Crippen LogP contribution in [0.25, 0.3) is 0 Å². The molecule has 0 spiro atoms. The molecule has 1 heterocycles. The van der Waals surface area contributed by atoms with Gasteiger partial charge in [0, 0.05) is 12.5 Å². The Kier molecular flexibility index (Phi) is 4.68. The Morgan fingerprint density at radius 3 is 2.50 bits per heavy atom. The summed E-state index contributed by atoms with van der Waals surface area (Å²) in [5, 5.41) is 0. The molecule has 0 bridgehead atoms. The summed E-state index contributed by atoms with van der Waals surface area (Å²) in [7, 11) is -4.45. The maximum absolute atomic E-state index is 13.4. The number of aryl methyl sites for hydroxylation is 1. The minimum atomic E-state index is -4.45. The zero-order valence-corrected chi connectivity index (χ0v) is 14.5.